The molecule has 1 aliphatic heterocycles. The second-order valence-corrected chi connectivity index (χ2v) is 5.21. The molecule has 21 heavy (non-hydrogen) atoms. The fraction of sp³-hybridized carbons (Fsp3) is 0.333. The second-order valence-electron chi connectivity index (χ2n) is 5.21. The Kier molecular flexibility index (Phi) is 4.63. The number of allylic oxidation sites excluding steroid dienone is 2. The lowest BCUT2D eigenvalue weighted by Crippen LogP contribution is -2.35. The molecule has 0 radical (unpaired) electrons. The molecule has 2 nitrogen and oxygen atoms in total. The van der Waals surface area contributed by atoms with Gasteiger partial charge in [0.2, 0.25) is 0 Å². The SMILES string of the molecule is CC.CC1=CC=C(c2ccc(C)c(F)c2)C2=CN(C)NC12. The molecule has 1 N–H and O–H groups in total. The number of fused-ring (bicyclic) bond motifs is 1. The topological polar surface area (TPSA) is 15.3 Å². The van der Waals surface area contributed by atoms with Crippen LogP contribution in [-0.4, -0.2) is 18.1 Å². The lowest BCUT2D eigenvalue weighted by Gasteiger charge is -2.23. The van der Waals surface area contributed by atoms with Gasteiger partial charge < -0.3 is 5.01 Å². The van der Waals surface area contributed by atoms with Gasteiger partial charge >= 0.3 is 0 Å². The fourth-order valence-corrected chi connectivity index (χ4v) is 2.60. The van der Waals surface area contributed by atoms with E-state index in [4.69, 9.17) is 0 Å². The van der Waals surface area contributed by atoms with E-state index in [1.165, 1.54) is 11.1 Å². The lowest BCUT2D eigenvalue weighted by atomic mass is 9.86. The van der Waals surface area contributed by atoms with Crippen molar-refractivity contribution >= 4 is 5.57 Å². The standard InChI is InChI=1S/C16H17FN2.C2H6/c1-10-4-6-12(8-15(10)17)13-7-5-11(2)16-14(13)9-19(3)18-16;1-2/h4-9,16,18H,1-3H3;1-2H3. The number of benzene rings is 1. The molecular formula is C18H23FN2. The molecular weight excluding hydrogens is 263 g/mol. The van der Waals surface area contributed by atoms with Crippen molar-refractivity contribution in [3.05, 3.63) is 64.6 Å². The van der Waals surface area contributed by atoms with Crippen LogP contribution < -0.4 is 5.43 Å². The van der Waals surface area contributed by atoms with Crippen LogP contribution in [0.25, 0.3) is 5.57 Å². The summed E-state index contributed by atoms with van der Waals surface area (Å²) in [4.78, 5) is 0. The Hall–Kier alpha value is -1.87. The van der Waals surface area contributed by atoms with Gasteiger partial charge in [-0.1, -0.05) is 43.7 Å². The molecule has 1 heterocycles. The highest BCUT2D eigenvalue weighted by Crippen LogP contribution is 2.35. The van der Waals surface area contributed by atoms with Crippen molar-refractivity contribution in [1.29, 1.82) is 0 Å². The monoisotopic (exact) mass is 286 g/mol. The Balaban J connectivity index is 0.000000774. The van der Waals surface area contributed by atoms with Crippen LogP contribution in [0, 0.1) is 12.7 Å². The molecule has 0 fully saturated rings. The first kappa shape index (κ1) is 15.5. The van der Waals surface area contributed by atoms with Gasteiger partial charge in [0.25, 0.3) is 0 Å². The number of hydrogen-bond donors (Lipinski definition) is 1. The van der Waals surface area contributed by atoms with Crippen LogP contribution in [0.4, 0.5) is 4.39 Å². The van der Waals surface area contributed by atoms with E-state index in [1.807, 2.05) is 38.0 Å². The first-order chi connectivity index (χ1) is 10.1. The maximum atomic E-state index is 13.7. The summed E-state index contributed by atoms with van der Waals surface area (Å²) in [5.74, 6) is -0.152. The Morgan fingerprint density at radius 2 is 1.86 bits per heavy atom. The minimum absolute atomic E-state index is 0.152. The van der Waals surface area contributed by atoms with Gasteiger partial charge in [-0.3, -0.25) is 0 Å². The van der Waals surface area contributed by atoms with Crippen LogP contribution in [0.3, 0.4) is 0 Å². The number of hydrogen-bond acceptors (Lipinski definition) is 2. The van der Waals surface area contributed by atoms with Gasteiger partial charge in [0, 0.05) is 18.8 Å². The zero-order chi connectivity index (χ0) is 15.6. The molecule has 0 spiro atoms. The van der Waals surface area contributed by atoms with Crippen molar-refractivity contribution in [3.8, 4) is 0 Å². The van der Waals surface area contributed by atoms with Crippen LogP contribution in [0.2, 0.25) is 0 Å². The Labute approximate surface area is 126 Å². The van der Waals surface area contributed by atoms with Gasteiger partial charge in [-0.25, -0.2) is 9.82 Å². The Morgan fingerprint density at radius 1 is 1.14 bits per heavy atom. The largest absolute Gasteiger partial charge is 0.317 e. The summed E-state index contributed by atoms with van der Waals surface area (Å²) in [5, 5.41) is 1.96. The van der Waals surface area contributed by atoms with E-state index in [9.17, 15) is 4.39 Å². The Morgan fingerprint density at radius 3 is 2.52 bits per heavy atom. The number of aryl methyl sites for hydroxylation is 1. The summed E-state index contributed by atoms with van der Waals surface area (Å²) < 4.78 is 13.7. The van der Waals surface area contributed by atoms with Crippen LogP contribution in [0.1, 0.15) is 31.9 Å². The fourth-order valence-electron chi connectivity index (χ4n) is 2.60. The zero-order valence-corrected chi connectivity index (χ0v) is 13.4. The molecule has 3 heteroatoms. The van der Waals surface area contributed by atoms with E-state index < -0.39 is 0 Å². The molecule has 1 aromatic rings. The van der Waals surface area contributed by atoms with Crippen LogP contribution in [0.5, 0.6) is 0 Å². The predicted octanol–water partition coefficient (Wildman–Crippen LogP) is 4.21. The average molecular weight is 286 g/mol. The minimum Gasteiger partial charge on any atom is -0.317 e. The van der Waals surface area contributed by atoms with Crippen molar-refractivity contribution < 1.29 is 4.39 Å². The van der Waals surface area contributed by atoms with Crippen molar-refractivity contribution in [1.82, 2.24) is 10.4 Å². The highest BCUT2D eigenvalue weighted by molar-refractivity contribution is 5.84. The molecule has 1 aliphatic carbocycles. The summed E-state index contributed by atoms with van der Waals surface area (Å²) in [6.45, 7) is 7.89. The maximum absolute atomic E-state index is 13.7. The minimum atomic E-state index is -0.152. The predicted molar refractivity (Wildman–Crippen MR) is 87.0 cm³/mol. The van der Waals surface area contributed by atoms with E-state index >= 15 is 0 Å². The van der Waals surface area contributed by atoms with Gasteiger partial charge in [0.05, 0.1) is 6.04 Å². The molecule has 0 saturated carbocycles. The van der Waals surface area contributed by atoms with Crippen LogP contribution >= 0.6 is 0 Å². The molecule has 2 aliphatic rings. The summed E-state index contributed by atoms with van der Waals surface area (Å²) in [5.41, 5.74) is 8.54. The molecule has 1 aromatic carbocycles. The number of halogens is 1. The first-order valence-corrected chi connectivity index (χ1v) is 7.42. The van der Waals surface area contributed by atoms with Gasteiger partial charge in [-0.15, -0.1) is 0 Å². The summed E-state index contributed by atoms with van der Waals surface area (Å²) in [6.07, 6.45) is 6.24. The van der Waals surface area contributed by atoms with E-state index in [-0.39, 0.29) is 11.9 Å². The number of nitrogens with zero attached hydrogens (tertiary/aromatic N) is 1. The van der Waals surface area contributed by atoms with Crippen molar-refractivity contribution in [2.24, 2.45) is 0 Å². The average Bonchev–Trinajstić information content (AvgIpc) is 2.87. The Bertz CT molecular complexity index is 626. The van der Waals surface area contributed by atoms with Crippen molar-refractivity contribution in [2.45, 2.75) is 33.7 Å². The molecule has 0 aromatic heterocycles. The molecule has 1 unspecified atom stereocenters. The number of nitrogens with one attached hydrogen (secondary N) is 1. The number of hydrazine groups is 1. The quantitative estimate of drug-likeness (QED) is 0.832. The van der Waals surface area contributed by atoms with E-state index in [1.54, 1.807) is 13.0 Å². The summed E-state index contributed by atoms with van der Waals surface area (Å²) >= 11 is 0. The third-order valence-corrected chi connectivity index (χ3v) is 3.74. The van der Waals surface area contributed by atoms with Crippen LogP contribution in [0.15, 0.2) is 47.7 Å². The summed E-state index contributed by atoms with van der Waals surface area (Å²) in [7, 11) is 1.98. The molecule has 1 atom stereocenters. The molecule has 112 valence electrons. The molecule has 0 saturated heterocycles. The van der Waals surface area contributed by atoms with Crippen molar-refractivity contribution in [3.63, 3.8) is 0 Å². The molecule has 0 amide bonds. The van der Waals surface area contributed by atoms with Gasteiger partial charge in [-0.05, 0) is 36.6 Å². The first-order valence-electron chi connectivity index (χ1n) is 7.42. The highest BCUT2D eigenvalue weighted by Gasteiger charge is 2.28. The van der Waals surface area contributed by atoms with Gasteiger partial charge in [0.1, 0.15) is 5.82 Å². The lowest BCUT2D eigenvalue weighted by molar-refractivity contribution is 0.344. The van der Waals surface area contributed by atoms with E-state index in [0.29, 0.717) is 5.56 Å². The van der Waals surface area contributed by atoms with Crippen LogP contribution in [-0.2, 0) is 0 Å². The number of rotatable bonds is 1. The summed E-state index contributed by atoms with van der Waals surface area (Å²) in [6, 6.07) is 5.63. The zero-order valence-electron chi connectivity index (χ0n) is 13.4. The molecule has 3 rings (SSSR count). The third kappa shape index (κ3) is 2.93. The maximum Gasteiger partial charge on any atom is 0.126 e. The second kappa shape index (κ2) is 6.27. The van der Waals surface area contributed by atoms with Gasteiger partial charge in [-0.2, -0.15) is 0 Å². The van der Waals surface area contributed by atoms with E-state index in [0.717, 1.165) is 11.1 Å². The van der Waals surface area contributed by atoms with E-state index in [2.05, 4.69) is 30.7 Å². The highest BCUT2D eigenvalue weighted by atomic mass is 19.1. The van der Waals surface area contributed by atoms with Gasteiger partial charge in [0.15, 0.2) is 0 Å². The van der Waals surface area contributed by atoms with Crippen molar-refractivity contribution in [2.75, 3.05) is 7.05 Å². The smallest absolute Gasteiger partial charge is 0.126 e. The third-order valence-electron chi connectivity index (χ3n) is 3.74. The normalized spacial score (nSPS) is 20.0. The molecule has 0 bridgehead atoms.